The second kappa shape index (κ2) is 5.70. The molecule has 0 aromatic heterocycles. The molecular weight excluding hydrogens is 205 g/mol. The van der Waals surface area contributed by atoms with Crippen LogP contribution in [0.4, 0.5) is 13.2 Å². The van der Waals surface area contributed by atoms with Gasteiger partial charge >= 0.3 is 6.18 Å². The number of nitrogens with two attached hydrogens (primary N) is 1. The monoisotopic (exact) mass is 224 g/mol. The quantitative estimate of drug-likeness (QED) is 0.718. The van der Waals surface area contributed by atoms with Crippen LogP contribution >= 0.6 is 0 Å². The molecule has 2 nitrogen and oxygen atoms in total. The van der Waals surface area contributed by atoms with Crippen molar-refractivity contribution in [3.05, 3.63) is 0 Å². The van der Waals surface area contributed by atoms with Crippen LogP contribution in [0.2, 0.25) is 0 Å². The molecule has 2 atom stereocenters. The normalized spacial score (nSPS) is 28.0. The largest absolute Gasteiger partial charge is 0.389 e. The Balaban J connectivity index is 2.04. The Morgan fingerprint density at radius 1 is 1.27 bits per heavy atom. The Labute approximate surface area is 88.4 Å². The number of halogens is 3. The molecule has 0 radical (unpaired) electrons. The summed E-state index contributed by atoms with van der Waals surface area (Å²) < 4.78 is 35.5. The van der Waals surface area contributed by atoms with Crippen LogP contribution in [-0.4, -0.2) is 24.8 Å². The van der Waals surface area contributed by atoms with Crippen molar-refractivity contribution in [1.29, 1.82) is 0 Å². The van der Waals surface area contributed by atoms with E-state index in [1.165, 1.54) is 0 Å². The van der Waals surface area contributed by atoms with E-state index in [-0.39, 0.29) is 12.5 Å². The van der Waals surface area contributed by atoms with Gasteiger partial charge in [0.1, 0.15) is 0 Å². The molecule has 1 fully saturated rings. The molecule has 1 saturated carbocycles. The van der Waals surface area contributed by atoms with Crippen LogP contribution in [0.3, 0.4) is 0 Å². The van der Waals surface area contributed by atoms with Gasteiger partial charge in [-0.25, -0.2) is 0 Å². The molecule has 0 bridgehead atoms. The molecule has 0 spiro atoms. The fourth-order valence-electron chi connectivity index (χ4n) is 2.01. The molecule has 1 aliphatic rings. The van der Waals surface area contributed by atoms with E-state index in [0.717, 1.165) is 25.7 Å². The first kappa shape index (κ1) is 12.8. The zero-order chi connectivity index (χ0) is 11.3. The fourth-order valence-corrected chi connectivity index (χ4v) is 2.01. The Kier molecular flexibility index (Phi) is 4.86. The van der Waals surface area contributed by atoms with Gasteiger partial charge in [0.05, 0.1) is 0 Å². The smallest absolute Gasteiger partial charge is 0.328 e. The van der Waals surface area contributed by atoms with E-state index in [9.17, 15) is 13.2 Å². The van der Waals surface area contributed by atoms with Gasteiger partial charge in [0, 0.05) is 18.5 Å². The summed E-state index contributed by atoms with van der Waals surface area (Å²) in [5.41, 5.74) is 5.78. The van der Waals surface area contributed by atoms with Crippen LogP contribution in [0.15, 0.2) is 0 Å². The summed E-state index contributed by atoms with van der Waals surface area (Å²) in [6, 6.07) is 0.542. The molecule has 15 heavy (non-hydrogen) atoms. The third kappa shape index (κ3) is 5.99. The molecule has 0 aromatic rings. The Bertz CT molecular complexity index is 182. The van der Waals surface area contributed by atoms with Gasteiger partial charge in [-0.2, -0.15) is 13.2 Å². The van der Waals surface area contributed by atoms with Crippen molar-refractivity contribution in [3.63, 3.8) is 0 Å². The lowest BCUT2D eigenvalue weighted by molar-refractivity contribution is -0.135. The minimum atomic E-state index is -4.02. The van der Waals surface area contributed by atoms with E-state index >= 15 is 0 Å². The third-order valence-corrected chi connectivity index (χ3v) is 2.78. The van der Waals surface area contributed by atoms with Gasteiger partial charge in [0.2, 0.25) is 0 Å². The molecule has 0 amide bonds. The fraction of sp³-hybridized carbons (Fsp3) is 1.00. The summed E-state index contributed by atoms with van der Waals surface area (Å²) in [6.45, 7) is 0.441. The number of hydrogen-bond acceptors (Lipinski definition) is 2. The lowest BCUT2D eigenvalue weighted by Gasteiger charge is -2.27. The van der Waals surface area contributed by atoms with E-state index in [0.29, 0.717) is 12.6 Å². The van der Waals surface area contributed by atoms with E-state index in [2.05, 4.69) is 5.32 Å². The lowest BCUT2D eigenvalue weighted by Crippen LogP contribution is -2.39. The van der Waals surface area contributed by atoms with Crippen LogP contribution in [0.1, 0.15) is 38.5 Å². The van der Waals surface area contributed by atoms with E-state index in [1.807, 2.05) is 0 Å². The van der Waals surface area contributed by atoms with Crippen molar-refractivity contribution in [1.82, 2.24) is 5.32 Å². The standard InChI is InChI=1S/C10H19F3N2/c11-10(12,13)5-2-6-15-9-4-1-3-8(14)7-9/h8-9,15H,1-7,14H2. The van der Waals surface area contributed by atoms with Crippen LogP contribution < -0.4 is 11.1 Å². The van der Waals surface area contributed by atoms with Crippen LogP contribution in [0, 0.1) is 0 Å². The van der Waals surface area contributed by atoms with Gasteiger partial charge in [0.25, 0.3) is 0 Å². The van der Waals surface area contributed by atoms with E-state index in [4.69, 9.17) is 5.73 Å². The minimum Gasteiger partial charge on any atom is -0.328 e. The number of nitrogens with one attached hydrogen (secondary N) is 1. The molecule has 3 N–H and O–H groups in total. The molecule has 0 aromatic carbocycles. The number of rotatable bonds is 4. The minimum absolute atomic E-state index is 0.162. The average Bonchev–Trinajstić information content (AvgIpc) is 2.11. The zero-order valence-electron chi connectivity index (χ0n) is 8.82. The topological polar surface area (TPSA) is 38.0 Å². The van der Waals surface area contributed by atoms with Crippen molar-refractivity contribution in [2.45, 2.75) is 56.8 Å². The summed E-state index contributed by atoms with van der Waals surface area (Å²) in [5, 5.41) is 3.14. The highest BCUT2D eigenvalue weighted by Crippen LogP contribution is 2.21. The maximum Gasteiger partial charge on any atom is 0.389 e. The van der Waals surface area contributed by atoms with Crippen LogP contribution in [0.25, 0.3) is 0 Å². The van der Waals surface area contributed by atoms with Gasteiger partial charge in [-0.05, 0) is 32.2 Å². The van der Waals surface area contributed by atoms with Gasteiger partial charge in [-0.1, -0.05) is 6.42 Å². The molecule has 90 valence electrons. The van der Waals surface area contributed by atoms with Crippen molar-refractivity contribution in [2.24, 2.45) is 5.73 Å². The first-order chi connectivity index (χ1) is 6.97. The molecular formula is C10H19F3N2. The summed E-state index contributed by atoms with van der Waals surface area (Å²) in [5.74, 6) is 0. The SMILES string of the molecule is NC1CCCC(NCCCC(F)(F)F)C1. The molecule has 5 heteroatoms. The Morgan fingerprint density at radius 2 is 2.00 bits per heavy atom. The van der Waals surface area contributed by atoms with Crippen molar-refractivity contribution in [3.8, 4) is 0 Å². The maximum absolute atomic E-state index is 11.8. The molecule has 0 aliphatic heterocycles. The second-order valence-electron chi connectivity index (χ2n) is 4.30. The first-order valence-electron chi connectivity index (χ1n) is 5.53. The number of alkyl halides is 3. The Hall–Kier alpha value is -0.290. The Morgan fingerprint density at radius 3 is 2.60 bits per heavy atom. The van der Waals surface area contributed by atoms with Crippen molar-refractivity contribution in [2.75, 3.05) is 6.54 Å². The summed E-state index contributed by atoms with van der Waals surface area (Å²) in [4.78, 5) is 0. The predicted molar refractivity (Wildman–Crippen MR) is 53.5 cm³/mol. The molecule has 0 heterocycles. The van der Waals surface area contributed by atoms with Crippen molar-refractivity contribution >= 4 is 0 Å². The maximum atomic E-state index is 11.8. The highest BCUT2D eigenvalue weighted by Gasteiger charge is 2.26. The van der Waals surface area contributed by atoms with Crippen LogP contribution in [-0.2, 0) is 0 Å². The molecule has 2 unspecified atom stereocenters. The van der Waals surface area contributed by atoms with Crippen molar-refractivity contribution < 1.29 is 13.2 Å². The van der Waals surface area contributed by atoms with Gasteiger partial charge < -0.3 is 11.1 Å². The zero-order valence-corrected chi connectivity index (χ0v) is 8.82. The molecule has 0 saturated heterocycles. The highest BCUT2D eigenvalue weighted by atomic mass is 19.4. The van der Waals surface area contributed by atoms with E-state index < -0.39 is 12.6 Å². The number of hydrogen-bond donors (Lipinski definition) is 2. The summed E-state index contributed by atoms with van der Waals surface area (Å²) >= 11 is 0. The average molecular weight is 224 g/mol. The lowest BCUT2D eigenvalue weighted by atomic mass is 9.91. The third-order valence-electron chi connectivity index (χ3n) is 2.78. The summed E-state index contributed by atoms with van der Waals surface area (Å²) in [7, 11) is 0. The van der Waals surface area contributed by atoms with Gasteiger partial charge in [0.15, 0.2) is 0 Å². The second-order valence-corrected chi connectivity index (χ2v) is 4.30. The highest BCUT2D eigenvalue weighted by molar-refractivity contribution is 4.79. The summed E-state index contributed by atoms with van der Waals surface area (Å²) in [6.07, 6.45) is -0.497. The van der Waals surface area contributed by atoms with Gasteiger partial charge in [-0.3, -0.25) is 0 Å². The van der Waals surface area contributed by atoms with Crippen LogP contribution in [0.5, 0.6) is 0 Å². The predicted octanol–water partition coefficient (Wildman–Crippen LogP) is 2.19. The van der Waals surface area contributed by atoms with E-state index in [1.54, 1.807) is 0 Å². The van der Waals surface area contributed by atoms with Gasteiger partial charge in [-0.15, -0.1) is 0 Å². The molecule has 1 rings (SSSR count). The first-order valence-corrected chi connectivity index (χ1v) is 5.53. The molecule has 1 aliphatic carbocycles.